The van der Waals surface area contributed by atoms with Crippen LogP contribution < -0.4 is 126 Å². The van der Waals surface area contributed by atoms with Crippen LogP contribution in [0.1, 0.15) is 132 Å². The van der Waals surface area contributed by atoms with Crippen molar-refractivity contribution in [3.05, 3.63) is 21.6 Å². The van der Waals surface area contributed by atoms with Gasteiger partial charge in [0, 0.05) is 62.9 Å². The van der Waals surface area contributed by atoms with Gasteiger partial charge in [-0.05, 0) is 138 Å². The number of nitrogens with one attached hydrogen (secondary N) is 20. The SMILES string of the molecule is N=C(N)NCCCC(NC(=O)[C@@H](CCCNC(=N)N)NC(=O)CCCCCNC(=O)c1sc2cc(Br)cnc2c1N)C(=O)N[C@H](CCCNC(=N)N)C(=O)NC(CCCNC(=N)N)C(=O)N[C@H](CCCNC(=N)N)C(=O)NC(CCCNC(=N)N)C(=O)N[C@H](CCCCN)C(N)=O. The van der Waals surface area contributed by atoms with Gasteiger partial charge < -0.3 is 126 Å². The summed E-state index contributed by atoms with van der Waals surface area (Å²) in [4.78, 5) is 130. The topological polar surface area (TPSA) is 712 Å². The van der Waals surface area contributed by atoms with E-state index in [1.165, 1.54) is 11.3 Å². The van der Waals surface area contributed by atoms with Crippen molar-refractivity contribution in [3.63, 3.8) is 0 Å². The Hall–Kier alpha value is -9.80. The number of pyridine rings is 1. The van der Waals surface area contributed by atoms with Gasteiger partial charge in [-0.15, -0.1) is 11.3 Å². The van der Waals surface area contributed by atoms with Gasteiger partial charge >= 0.3 is 0 Å². The number of carbonyl (C=O) groups excluding carboxylic acids is 9. The van der Waals surface area contributed by atoms with Gasteiger partial charge in [-0.1, -0.05) is 6.42 Å². The molecule has 2 aromatic heterocycles. The third-order valence-corrected chi connectivity index (χ3v) is 16.0. The Bertz CT molecular complexity index is 2990. The highest BCUT2D eigenvalue weighted by Gasteiger charge is 2.34. The van der Waals surface area contributed by atoms with E-state index in [1.807, 2.05) is 6.07 Å². The first-order valence-electron chi connectivity index (χ1n) is 31.7. The highest BCUT2D eigenvalue weighted by Crippen LogP contribution is 2.33. The Morgan fingerprint density at radius 1 is 0.412 bits per heavy atom. The zero-order chi connectivity index (χ0) is 72.4. The summed E-state index contributed by atoms with van der Waals surface area (Å²) in [5, 5.41) is 83.0. The van der Waals surface area contributed by atoms with E-state index in [0.29, 0.717) is 49.0 Å². The van der Waals surface area contributed by atoms with Gasteiger partial charge in [-0.2, -0.15) is 0 Å². The number of fused-ring (bicyclic) bond motifs is 1. The molecule has 97 heavy (non-hydrogen) atoms. The summed E-state index contributed by atoms with van der Waals surface area (Å²) < 4.78 is 1.47. The van der Waals surface area contributed by atoms with Gasteiger partial charge in [0.15, 0.2) is 35.8 Å². The number of nitrogens with zero attached hydrogens (tertiary/aromatic N) is 1. The van der Waals surface area contributed by atoms with Crippen LogP contribution in [-0.2, 0) is 38.4 Å². The molecule has 2 aromatic rings. The lowest BCUT2D eigenvalue weighted by atomic mass is 10.0. The molecular formula is C56H101BrN30O9S. The van der Waals surface area contributed by atoms with Crippen LogP contribution in [0.25, 0.3) is 10.2 Å². The average Bonchev–Trinajstić information content (AvgIpc) is 1.66. The van der Waals surface area contributed by atoms with E-state index in [9.17, 15) is 43.2 Å². The number of thiophene rings is 1. The Morgan fingerprint density at radius 2 is 0.722 bits per heavy atom. The lowest BCUT2D eigenvalue weighted by Gasteiger charge is -2.28. The third kappa shape index (κ3) is 35.5. The van der Waals surface area contributed by atoms with Crippen LogP contribution in [0.5, 0.6) is 0 Å². The second-order valence-corrected chi connectivity index (χ2v) is 24.4. The minimum Gasteiger partial charge on any atom is -0.396 e. The second-order valence-electron chi connectivity index (χ2n) is 22.5. The van der Waals surface area contributed by atoms with Crippen molar-refractivity contribution in [1.29, 1.82) is 32.5 Å². The molecule has 38 N–H and O–H groups in total. The molecule has 542 valence electrons. The molecule has 0 saturated heterocycles. The number of primary amides is 1. The van der Waals surface area contributed by atoms with E-state index in [-0.39, 0.29) is 171 Å². The number of halogens is 1. The van der Waals surface area contributed by atoms with E-state index >= 15 is 0 Å². The van der Waals surface area contributed by atoms with Crippen LogP contribution in [-0.4, -0.2) is 189 Å². The largest absolute Gasteiger partial charge is 0.396 e. The molecule has 0 aromatic carbocycles. The predicted molar refractivity (Wildman–Crippen MR) is 373 cm³/mol. The lowest BCUT2D eigenvalue weighted by molar-refractivity contribution is -0.136. The smallest absolute Gasteiger partial charge is 0.263 e. The quantitative estimate of drug-likeness (QED) is 0.0167. The van der Waals surface area contributed by atoms with Crippen molar-refractivity contribution in [3.8, 4) is 0 Å². The summed E-state index contributed by atoms with van der Waals surface area (Å²) in [5.41, 5.74) is 51.3. The predicted octanol–water partition coefficient (Wildman–Crippen LogP) is -5.48. The monoisotopic (exact) mass is 1450 g/mol. The normalized spacial score (nSPS) is 13.0. The molecule has 0 spiro atoms. The van der Waals surface area contributed by atoms with E-state index in [4.69, 9.17) is 84.1 Å². The summed E-state index contributed by atoms with van der Waals surface area (Å²) >= 11 is 4.58. The molecule has 0 aliphatic heterocycles. The fourth-order valence-corrected chi connectivity index (χ4v) is 11.0. The van der Waals surface area contributed by atoms with Crippen molar-refractivity contribution >= 4 is 132 Å². The van der Waals surface area contributed by atoms with Crippen molar-refractivity contribution in [2.24, 2.45) is 45.9 Å². The van der Waals surface area contributed by atoms with Crippen LogP contribution in [0.15, 0.2) is 16.7 Å². The molecule has 0 aliphatic carbocycles. The van der Waals surface area contributed by atoms with Gasteiger partial charge in [-0.3, -0.25) is 80.6 Å². The molecule has 0 radical (unpaired) electrons. The first-order valence-corrected chi connectivity index (χ1v) is 33.3. The Balaban J connectivity index is 2.51. The number of carbonyl (C=O) groups is 9. The number of aromatic nitrogens is 1. The minimum absolute atomic E-state index is 0.00195. The van der Waals surface area contributed by atoms with Gasteiger partial charge in [0.2, 0.25) is 47.3 Å². The number of hydrogen-bond acceptors (Lipinski definition) is 19. The lowest BCUT2D eigenvalue weighted by Crippen LogP contribution is -2.60. The number of rotatable bonds is 49. The van der Waals surface area contributed by atoms with Crippen molar-refractivity contribution in [1.82, 2.24) is 79.4 Å². The summed E-state index contributed by atoms with van der Waals surface area (Å²) in [5.74, 6) is -9.23. The molecular weight excluding hydrogens is 1350 g/mol. The Morgan fingerprint density at radius 3 is 1.04 bits per heavy atom. The molecule has 2 rings (SSSR count). The van der Waals surface area contributed by atoms with Crippen LogP contribution in [0, 0.1) is 32.5 Å². The fraction of sp³-hybridized carbons (Fsp3) is 0.607. The number of nitrogen functional groups attached to an aromatic ring is 1. The van der Waals surface area contributed by atoms with E-state index in [1.54, 1.807) is 6.20 Å². The summed E-state index contributed by atoms with van der Waals surface area (Å²) in [7, 11) is 0. The number of guanidine groups is 6. The zero-order valence-electron chi connectivity index (χ0n) is 54.4. The highest BCUT2D eigenvalue weighted by molar-refractivity contribution is 9.10. The first kappa shape index (κ1) is 83.3. The van der Waals surface area contributed by atoms with Gasteiger partial charge in [-0.25, -0.2) is 0 Å². The number of nitrogens with two attached hydrogens (primary N) is 9. The molecule has 0 aliphatic rings. The summed E-state index contributed by atoms with van der Waals surface area (Å²) in [6.07, 6.45) is 4.10. The van der Waals surface area contributed by atoms with Crippen LogP contribution >= 0.6 is 27.3 Å². The highest BCUT2D eigenvalue weighted by atomic mass is 79.9. The molecule has 0 bridgehead atoms. The molecule has 2 heterocycles. The van der Waals surface area contributed by atoms with Crippen LogP contribution in [0.4, 0.5) is 5.69 Å². The maximum Gasteiger partial charge on any atom is 0.263 e. The number of unbranched alkanes of at least 4 members (excludes halogenated alkanes) is 3. The Labute approximate surface area is 574 Å². The number of amides is 9. The van der Waals surface area contributed by atoms with Crippen molar-refractivity contribution in [2.75, 3.05) is 58.1 Å². The second kappa shape index (κ2) is 46.3. The van der Waals surface area contributed by atoms with E-state index in [2.05, 4.69) is 95.3 Å². The number of hydrogen-bond donors (Lipinski definition) is 29. The van der Waals surface area contributed by atoms with Crippen molar-refractivity contribution < 1.29 is 43.2 Å². The standard InChI is InChI=1S/C56H101BrN30O9S/c57-30-28-38-41(80-29-30)40(59)42(97-38)50(96)73-21-5-1-2-19-39(88)81-32(13-6-22-74-51(61)62)44(90)83-34(15-8-24-76-53(65)66)46(92)85-36(17-10-26-78-55(69)70)48(94)87-37(18-11-27-79-56(71)72)49(95)86-35(16-9-25-77-54(67)68)47(93)84-33(14-7-23-75-52(63)64)45(91)82-31(43(60)89)12-3-4-20-58/h28-29,31-37H,1-27,58-59H2,(H2,60,89)(H,73,96)(H,81,88)(H,82,91)(H,83,90)(H,84,93)(H,85,92)(H,86,95)(H,87,94)(H4,61,62,74)(H4,63,64,75)(H4,65,66,76)(H4,67,68,77)(H4,69,70,78)(H4,71,72,79)/t31-,32-,33?,34?,35-,36-,37?/m1/s1. The van der Waals surface area contributed by atoms with Gasteiger partial charge in [0.1, 0.15) is 52.7 Å². The minimum atomic E-state index is -1.50. The molecule has 39 nitrogen and oxygen atoms in total. The van der Waals surface area contributed by atoms with Crippen molar-refractivity contribution in [2.45, 2.75) is 164 Å². The first-order chi connectivity index (χ1) is 46.0. The molecule has 41 heteroatoms. The van der Waals surface area contributed by atoms with E-state index < -0.39 is 101 Å². The van der Waals surface area contributed by atoms with E-state index in [0.717, 1.165) is 9.17 Å². The third-order valence-electron chi connectivity index (χ3n) is 14.4. The zero-order valence-corrected chi connectivity index (χ0v) is 56.8. The molecule has 7 atom stereocenters. The van der Waals surface area contributed by atoms with Crippen LogP contribution in [0.2, 0.25) is 0 Å². The van der Waals surface area contributed by atoms with Gasteiger partial charge in [0.25, 0.3) is 5.91 Å². The maximum atomic E-state index is 14.7. The fourth-order valence-electron chi connectivity index (χ4n) is 9.48. The average molecular weight is 1450 g/mol. The molecule has 9 amide bonds. The Kier molecular flexibility index (Phi) is 39.8. The summed E-state index contributed by atoms with van der Waals surface area (Å²) in [6.45, 7) is 0.989. The maximum absolute atomic E-state index is 14.7. The summed E-state index contributed by atoms with van der Waals surface area (Å²) in [6, 6.07) is -7.81. The van der Waals surface area contributed by atoms with Crippen LogP contribution in [0.3, 0.4) is 0 Å². The number of anilines is 1. The molecule has 3 unspecified atom stereocenters. The molecule has 0 saturated carbocycles. The van der Waals surface area contributed by atoms with Gasteiger partial charge in [0.05, 0.1) is 10.4 Å². The molecule has 0 fully saturated rings.